The summed E-state index contributed by atoms with van der Waals surface area (Å²) in [6, 6.07) is 6.33. The molecule has 1 atom stereocenters. The predicted octanol–water partition coefficient (Wildman–Crippen LogP) is 0.794. The van der Waals surface area contributed by atoms with E-state index in [1.807, 2.05) is 24.4 Å². The highest BCUT2D eigenvalue weighted by molar-refractivity contribution is 5.04. The van der Waals surface area contributed by atoms with Crippen LogP contribution in [0.2, 0.25) is 0 Å². The van der Waals surface area contributed by atoms with E-state index >= 15 is 0 Å². The van der Waals surface area contributed by atoms with Crippen LogP contribution in [0.15, 0.2) is 36.5 Å². The Hall–Kier alpha value is -1.23. The molecule has 0 bridgehead atoms. The molecule has 4 heteroatoms. The third kappa shape index (κ3) is 4.22. The van der Waals surface area contributed by atoms with Gasteiger partial charge in [0.25, 0.3) is 0 Å². The lowest BCUT2D eigenvalue weighted by molar-refractivity contribution is 0.180. The second kappa shape index (κ2) is 7.26. The zero-order valence-electron chi connectivity index (χ0n) is 10.6. The van der Waals surface area contributed by atoms with Gasteiger partial charge in [-0.15, -0.1) is 0 Å². The molecule has 1 unspecified atom stereocenters. The highest BCUT2D eigenvalue weighted by Crippen LogP contribution is 2.05. The van der Waals surface area contributed by atoms with E-state index in [-0.39, 0.29) is 6.61 Å². The third-order valence-corrected chi connectivity index (χ3v) is 3.07. The van der Waals surface area contributed by atoms with Crippen LogP contribution < -0.4 is 5.32 Å². The number of aliphatic hydroxyl groups excluding tert-OH is 1. The van der Waals surface area contributed by atoms with E-state index in [4.69, 9.17) is 5.11 Å². The Morgan fingerprint density at radius 1 is 1.44 bits per heavy atom. The van der Waals surface area contributed by atoms with Crippen molar-refractivity contribution < 1.29 is 5.11 Å². The number of rotatable bonds is 6. The molecule has 0 fully saturated rings. The topological polar surface area (TPSA) is 48.4 Å². The highest BCUT2D eigenvalue weighted by Gasteiger charge is 2.13. The first-order valence-corrected chi connectivity index (χ1v) is 6.51. The highest BCUT2D eigenvalue weighted by atomic mass is 16.3. The molecule has 98 valence electrons. The first kappa shape index (κ1) is 13.2. The summed E-state index contributed by atoms with van der Waals surface area (Å²) in [5.74, 6) is 0. The Kier molecular flexibility index (Phi) is 5.33. The van der Waals surface area contributed by atoms with E-state index in [1.54, 1.807) is 0 Å². The largest absolute Gasteiger partial charge is 0.395 e. The lowest BCUT2D eigenvalue weighted by Crippen LogP contribution is -2.42. The SMILES string of the molecule is OCCN(Cc1ccccn1)CC1C=CCCN1. The van der Waals surface area contributed by atoms with Gasteiger partial charge in [0, 0.05) is 31.9 Å². The average Bonchev–Trinajstić information content (AvgIpc) is 2.41. The normalized spacial score (nSPS) is 19.3. The number of nitrogens with zero attached hydrogens (tertiary/aromatic N) is 2. The van der Waals surface area contributed by atoms with E-state index in [9.17, 15) is 0 Å². The zero-order chi connectivity index (χ0) is 12.6. The maximum Gasteiger partial charge on any atom is 0.0558 e. The Labute approximate surface area is 108 Å². The minimum absolute atomic E-state index is 0.184. The fourth-order valence-corrected chi connectivity index (χ4v) is 2.18. The van der Waals surface area contributed by atoms with Crippen molar-refractivity contribution >= 4 is 0 Å². The fraction of sp³-hybridized carbons (Fsp3) is 0.500. The van der Waals surface area contributed by atoms with Gasteiger partial charge in [-0.2, -0.15) is 0 Å². The van der Waals surface area contributed by atoms with Gasteiger partial charge < -0.3 is 10.4 Å². The second-order valence-electron chi connectivity index (χ2n) is 4.56. The standard InChI is InChI=1S/C14H21N3O/c18-10-9-17(11-13-5-1-3-7-15-13)12-14-6-2-4-8-16-14/h1-3,5-7,14,16,18H,4,8-12H2. The van der Waals surface area contributed by atoms with Crippen LogP contribution in [0.4, 0.5) is 0 Å². The molecule has 2 N–H and O–H groups in total. The molecule has 0 saturated heterocycles. The molecule has 0 aliphatic carbocycles. The molecule has 1 aliphatic heterocycles. The zero-order valence-corrected chi connectivity index (χ0v) is 10.6. The molecule has 18 heavy (non-hydrogen) atoms. The van der Waals surface area contributed by atoms with Crippen LogP contribution in [0.5, 0.6) is 0 Å². The number of aliphatic hydroxyl groups is 1. The van der Waals surface area contributed by atoms with Crippen molar-refractivity contribution in [1.29, 1.82) is 0 Å². The van der Waals surface area contributed by atoms with Gasteiger partial charge in [0.05, 0.1) is 12.3 Å². The lowest BCUT2D eigenvalue weighted by atomic mass is 10.1. The van der Waals surface area contributed by atoms with Crippen LogP contribution in [0.1, 0.15) is 12.1 Å². The quantitative estimate of drug-likeness (QED) is 0.730. The molecule has 0 radical (unpaired) electrons. The Bertz CT molecular complexity index is 367. The summed E-state index contributed by atoms with van der Waals surface area (Å²) in [6.07, 6.45) is 7.35. The van der Waals surface area contributed by atoms with Gasteiger partial charge in [-0.05, 0) is 25.1 Å². The number of hydrogen-bond acceptors (Lipinski definition) is 4. The van der Waals surface area contributed by atoms with Crippen molar-refractivity contribution in [1.82, 2.24) is 15.2 Å². The maximum atomic E-state index is 9.14. The Balaban J connectivity index is 1.91. The summed E-state index contributed by atoms with van der Waals surface area (Å²) in [5, 5.41) is 12.6. The average molecular weight is 247 g/mol. The summed E-state index contributed by atoms with van der Waals surface area (Å²) in [7, 11) is 0. The van der Waals surface area contributed by atoms with Gasteiger partial charge in [0.2, 0.25) is 0 Å². The third-order valence-electron chi connectivity index (χ3n) is 3.07. The maximum absolute atomic E-state index is 9.14. The van der Waals surface area contributed by atoms with E-state index in [2.05, 4.69) is 27.4 Å². The van der Waals surface area contributed by atoms with Crippen molar-refractivity contribution in [3.8, 4) is 0 Å². The monoisotopic (exact) mass is 247 g/mol. The molecule has 2 heterocycles. The summed E-state index contributed by atoms with van der Waals surface area (Å²) >= 11 is 0. The first-order valence-electron chi connectivity index (χ1n) is 6.51. The van der Waals surface area contributed by atoms with Crippen LogP contribution in [0.3, 0.4) is 0 Å². The molecular weight excluding hydrogens is 226 g/mol. The second-order valence-corrected chi connectivity index (χ2v) is 4.56. The summed E-state index contributed by atoms with van der Waals surface area (Å²) < 4.78 is 0. The van der Waals surface area contributed by atoms with Gasteiger partial charge in [-0.3, -0.25) is 9.88 Å². The van der Waals surface area contributed by atoms with Crippen molar-refractivity contribution in [3.05, 3.63) is 42.2 Å². The van der Waals surface area contributed by atoms with Crippen molar-refractivity contribution in [2.75, 3.05) is 26.2 Å². The Morgan fingerprint density at radius 3 is 3.06 bits per heavy atom. The van der Waals surface area contributed by atoms with Gasteiger partial charge in [0.15, 0.2) is 0 Å². The van der Waals surface area contributed by atoms with E-state index in [0.29, 0.717) is 12.6 Å². The molecule has 4 nitrogen and oxygen atoms in total. The van der Waals surface area contributed by atoms with Crippen LogP contribution in [0.25, 0.3) is 0 Å². The van der Waals surface area contributed by atoms with Gasteiger partial charge in [-0.25, -0.2) is 0 Å². The fourth-order valence-electron chi connectivity index (χ4n) is 2.18. The number of hydrogen-bond donors (Lipinski definition) is 2. The van der Waals surface area contributed by atoms with Gasteiger partial charge in [0.1, 0.15) is 0 Å². The van der Waals surface area contributed by atoms with Crippen molar-refractivity contribution in [3.63, 3.8) is 0 Å². The molecule has 2 rings (SSSR count). The molecule has 0 spiro atoms. The minimum Gasteiger partial charge on any atom is -0.395 e. The van der Waals surface area contributed by atoms with Crippen LogP contribution in [-0.4, -0.2) is 47.3 Å². The summed E-state index contributed by atoms with van der Waals surface area (Å²) in [4.78, 5) is 6.56. The van der Waals surface area contributed by atoms with E-state index in [0.717, 1.165) is 31.7 Å². The number of nitrogens with one attached hydrogen (secondary N) is 1. The molecule has 1 aromatic heterocycles. The number of pyridine rings is 1. The summed E-state index contributed by atoms with van der Waals surface area (Å²) in [5.41, 5.74) is 1.05. The molecule has 1 aliphatic rings. The minimum atomic E-state index is 0.184. The lowest BCUT2D eigenvalue weighted by Gasteiger charge is -2.27. The molecule has 0 saturated carbocycles. The van der Waals surface area contributed by atoms with Crippen LogP contribution >= 0.6 is 0 Å². The first-order chi connectivity index (χ1) is 8.88. The smallest absolute Gasteiger partial charge is 0.0558 e. The van der Waals surface area contributed by atoms with Crippen LogP contribution in [-0.2, 0) is 6.54 Å². The van der Waals surface area contributed by atoms with Crippen molar-refractivity contribution in [2.24, 2.45) is 0 Å². The van der Waals surface area contributed by atoms with Crippen molar-refractivity contribution in [2.45, 2.75) is 19.0 Å². The molecule has 1 aromatic rings. The van der Waals surface area contributed by atoms with Gasteiger partial charge in [-0.1, -0.05) is 18.2 Å². The molecule has 0 aromatic carbocycles. The Morgan fingerprint density at radius 2 is 2.39 bits per heavy atom. The predicted molar refractivity (Wildman–Crippen MR) is 72.1 cm³/mol. The van der Waals surface area contributed by atoms with E-state index < -0.39 is 0 Å². The molecular formula is C14H21N3O. The van der Waals surface area contributed by atoms with Gasteiger partial charge >= 0.3 is 0 Å². The van der Waals surface area contributed by atoms with E-state index in [1.165, 1.54) is 0 Å². The number of aromatic nitrogens is 1. The molecule has 0 amide bonds. The summed E-state index contributed by atoms with van der Waals surface area (Å²) in [6.45, 7) is 3.60. The van der Waals surface area contributed by atoms with Crippen LogP contribution in [0, 0.1) is 0 Å².